The number of aliphatic hydroxyl groups excluding tert-OH is 1. The van der Waals surface area contributed by atoms with Gasteiger partial charge in [-0.25, -0.2) is 0 Å². The largest absolute Gasteiger partial charge is 0.481 e. The van der Waals surface area contributed by atoms with Crippen molar-refractivity contribution in [3.05, 3.63) is 68.8 Å². The number of rotatable bonds is 6. The number of ether oxygens (including phenoxy) is 1. The lowest BCUT2D eigenvalue weighted by Crippen LogP contribution is -2.21. The monoisotopic (exact) mass is 612 g/mol. The summed E-state index contributed by atoms with van der Waals surface area (Å²) in [6.07, 6.45) is 0.304. The Morgan fingerprint density at radius 3 is 2.22 bits per heavy atom. The molecule has 4 N–H and O–H groups in total. The van der Waals surface area contributed by atoms with E-state index in [1.165, 1.54) is 7.11 Å². The Morgan fingerprint density at radius 2 is 1.58 bits per heavy atom. The Bertz CT molecular complexity index is 1920. The number of esters is 1. The molecule has 3 aromatic rings. The number of aliphatic hydroxyl groups is 1. The topological polar surface area (TPSA) is 158 Å². The van der Waals surface area contributed by atoms with Crippen LogP contribution in [-0.2, 0) is 14.3 Å². The third-order valence-electron chi connectivity index (χ3n) is 10.2. The van der Waals surface area contributed by atoms with E-state index in [2.05, 4.69) is 23.8 Å². The number of hydrogen-bond donors (Lipinski definition) is 4. The highest BCUT2D eigenvalue weighted by atomic mass is 16.5. The van der Waals surface area contributed by atoms with Crippen LogP contribution in [0.1, 0.15) is 138 Å². The highest BCUT2D eigenvalue weighted by Gasteiger charge is 2.45. The number of hydrogen-bond acceptors (Lipinski definition) is 7. The third-order valence-corrected chi connectivity index (χ3v) is 10.2. The summed E-state index contributed by atoms with van der Waals surface area (Å²) < 4.78 is 5.13. The van der Waals surface area contributed by atoms with E-state index in [4.69, 9.17) is 14.7 Å². The van der Waals surface area contributed by atoms with Gasteiger partial charge in [0.25, 0.3) is 0 Å². The number of aryl methyl sites for hydroxylation is 2. The van der Waals surface area contributed by atoms with Crippen LogP contribution in [0.5, 0.6) is 0 Å². The quantitative estimate of drug-likeness (QED) is 0.182. The van der Waals surface area contributed by atoms with Gasteiger partial charge in [0.2, 0.25) is 0 Å². The molecular formula is C35H40N4O6. The van der Waals surface area contributed by atoms with Gasteiger partial charge in [-0.3, -0.25) is 24.4 Å². The molecule has 0 fully saturated rings. The second kappa shape index (κ2) is 11.2. The van der Waals surface area contributed by atoms with Gasteiger partial charge in [0, 0.05) is 80.4 Å². The van der Waals surface area contributed by atoms with Crippen LogP contribution in [0.3, 0.4) is 0 Å². The van der Waals surface area contributed by atoms with E-state index in [1.807, 2.05) is 39.0 Å². The standard InChI is InChI=1S/C35H40N4O6/c1-8-19-14(2)21-13-26-28(18(6)40)16(4)23(37-26)11-22-15(3)20(9-10-27(41)42)32(38-22)30-31(35(44)45-7)34(43)29-17(5)24(39-33(29)30)12-25(19)36-21/h11-15,18-20,31,37,39-40H,8-10H2,1-7H3,(H,41,42)/t14?,15-,18?,19?,20-,31+/m0/s1. The van der Waals surface area contributed by atoms with E-state index >= 15 is 0 Å². The van der Waals surface area contributed by atoms with Crippen molar-refractivity contribution in [3.8, 4) is 0 Å². The molecule has 3 unspecified atom stereocenters. The first kappa shape index (κ1) is 30.7. The van der Waals surface area contributed by atoms with Crippen molar-refractivity contribution in [3.63, 3.8) is 0 Å². The van der Waals surface area contributed by atoms with Crippen LogP contribution < -0.4 is 0 Å². The number of carbonyl (C=O) groups is 3. The van der Waals surface area contributed by atoms with Crippen LogP contribution in [0.4, 0.5) is 0 Å². The third kappa shape index (κ3) is 4.77. The first-order valence-corrected chi connectivity index (χ1v) is 15.7. The maximum atomic E-state index is 14.0. The molecule has 0 amide bonds. The Labute approximate surface area is 261 Å². The molecule has 8 bridgehead atoms. The molecule has 0 saturated carbocycles. The summed E-state index contributed by atoms with van der Waals surface area (Å²) in [7, 11) is 1.26. The van der Waals surface area contributed by atoms with Crippen molar-refractivity contribution >= 4 is 39.8 Å². The first-order valence-electron chi connectivity index (χ1n) is 15.7. The number of carboxylic acids is 1. The summed E-state index contributed by atoms with van der Waals surface area (Å²) in [5.74, 6) is -3.49. The number of carbonyl (C=O) groups excluding carboxylic acids is 2. The highest BCUT2D eigenvalue weighted by molar-refractivity contribution is 6.23. The molecule has 45 heavy (non-hydrogen) atoms. The van der Waals surface area contributed by atoms with E-state index < -0.39 is 24.0 Å². The van der Waals surface area contributed by atoms with E-state index in [1.54, 1.807) is 6.92 Å². The van der Waals surface area contributed by atoms with Crippen molar-refractivity contribution in [1.82, 2.24) is 19.9 Å². The van der Waals surface area contributed by atoms with Crippen LogP contribution in [0.25, 0.3) is 22.1 Å². The van der Waals surface area contributed by atoms with Gasteiger partial charge in [0.15, 0.2) is 5.78 Å². The number of H-pyrrole nitrogens is 2. The molecule has 10 heteroatoms. The second-order valence-electron chi connectivity index (χ2n) is 12.8. The van der Waals surface area contributed by atoms with E-state index in [0.717, 1.165) is 51.0 Å². The van der Waals surface area contributed by atoms with E-state index in [-0.39, 0.29) is 42.3 Å². The highest BCUT2D eigenvalue weighted by Crippen LogP contribution is 2.48. The predicted octanol–water partition coefficient (Wildman–Crippen LogP) is 6.49. The SMILES string of the molecule is CCC1c2cc3[nH]c4c(c3C)C(=O)[C@H](C(=O)OC)c4c3nc(cc4[nH]c(cc(n2)C1C)c(C(C)O)c4C)[C@@H](C)[C@@H]3CCC(=O)O. The maximum absolute atomic E-state index is 14.0. The fraction of sp³-hybridized carbons (Fsp3) is 0.457. The van der Waals surface area contributed by atoms with Gasteiger partial charge in [-0.15, -0.1) is 0 Å². The van der Waals surface area contributed by atoms with Gasteiger partial charge in [0.05, 0.1) is 24.4 Å². The molecule has 6 atom stereocenters. The number of methoxy groups -OCH3 is 1. The molecule has 5 heterocycles. The molecule has 0 radical (unpaired) electrons. The molecule has 0 spiro atoms. The van der Waals surface area contributed by atoms with Gasteiger partial charge in [-0.2, -0.15) is 0 Å². The number of nitrogens with one attached hydrogen (secondary N) is 2. The molecule has 236 valence electrons. The summed E-state index contributed by atoms with van der Waals surface area (Å²) in [5.41, 5.74) is 9.09. The average molecular weight is 613 g/mol. The summed E-state index contributed by atoms with van der Waals surface area (Å²) in [6, 6.07) is 5.96. The number of aromatic amines is 2. The van der Waals surface area contributed by atoms with Gasteiger partial charge in [0.1, 0.15) is 5.92 Å². The van der Waals surface area contributed by atoms with Gasteiger partial charge < -0.3 is 24.9 Å². The fourth-order valence-corrected chi connectivity index (χ4v) is 7.72. The summed E-state index contributed by atoms with van der Waals surface area (Å²) in [6.45, 7) is 11.8. The summed E-state index contributed by atoms with van der Waals surface area (Å²) in [4.78, 5) is 56.1. The number of Topliss-reactive ketones (excluding diaryl/α,β-unsaturated/α-hetero) is 1. The molecule has 6 rings (SSSR count). The molecule has 3 aromatic heterocycles. The van der Waals surface area contributed by atoms with Crippen LogP contribution >= 0.6 is 0 Å². The molecule has 1 aliphatic carbocycles. The molecule has 2 aliphatic heterocycles. The van der Waals surface area contributed by atoms with Crippen molar-refractivity contribution < 1.29 is 29.3 Å². The number of aromatic nitrogens is 4. The minimum atomic E-state index is -1.21. The zero-order valence-corrected chi connectivity index (χ0v) is 26.7. The van der Waals surface area contributed by atoms with Crippen LogP contribution in [0.15, 0.2) is 18.2 Å². The van der Waals surface area contributed by atoms with Crippen molar-refractivity contribution in [2.24, 2.45) is 0 Å². The van der Waals surface area contributed by atoms with Crippen LogP contribution in [0, 0.1) is 13.8 Å². The number of aliphatic carboxylic acids is 1. The smallest absolute Gasteiger partial charge is 0.321 e. The minimum Gasteiger partial charge on any atom is -0.481 e. The molecule has 3 aliphatic rings. The van der Waals surface area contributed by atoms with Crippen molar-refractivity contribution in [2.45, 2.75) is 96.5 Å². The van der Waals surface area contributed by atoms with Gasteiger partial charge in [-0.1, -0.05) is 20.8 Å². The zero-order valence-electron chi connectivity index (χ0n) is 26.7. The maximum Gasteiger partial charge on any atom is 0.321 e. The van der Waals surface area contributed by atoms with Gasteiger partial charge in [-0.05, 0) is 62.9 Å². The van der Waals surface area contributed by atoms with E-state index in [0.29, 0.717) is 28.0 Å². The van der Waals surface area contributed by atoms with Crippen LogP contribution in [0.2, 0.25) is 0 Å². The normalized spacial score (nSPS) is 22.9. The van der Waals surface area contributed by atoms with Crippen molar-refractivity contribution in [1.29, 1.82) is 0 Å². The summed E-state index contributed by atoms with van der Waals surface area (Å²) >= 11 is 0. The number of fused-ring (bicyclic) bond motifs is 8. The lowest BCUT2D eigenvalue weighted by atomic mass is 9.84. The van der Waals surface area contributed by atoms with Crippen LogP contribution in [-0.4, -0.2) is 55.0 Å². The predicted molar refractivity (Wildman–Crippen MR) is 170 cm³/mol. The molecular weight excluding hydrogens is 572 g/mol. The first-order chi connectivity index (χ1) is 21.4. The number of ketones is 1. The van der Waals surface area contributed by atoms with Gasteiger partial charge >= 0.3 is 11.9 Å². The number of carboxylic acid groups (broad SMARTS) is 1. The van der Waals surface area contributed by atoms with E-state index in [9.17, 15) is 24.6 Å². The zero-order chi connectivity index (χ0) is 32.5. The summed E-state index contributed by atoms with van der Waals surface area (Å²) in [5, 5.41) is 20.5. The Hall–Kier alpha value is -4.31. The molecule has 10 nitrogen and oxygen atoms in total. The lowest BCUT2D eigenvalue weighted by molar-refractivity contribution is -0.141. The Morgan fingerprint density at radius 1 is 0.956 bits per heavy atom. The average Bonchev–Trinajstić information content (AvgIpc) is 3.72. The Kier molecular flexibility index (Phi) is 7.67. The minimum absolute atomic E-state index is 0.0943. The molecule has 0 aromatic carbocycles. The molecule has 0 saturated heterocycles. The fourth-order valence-electron chi connectivity index (χ4n) is 7.72. The number of nitrogens with zero attached hydrogens (tertiary/aromatic N) is 2. The Balaban J connectivity index is 1.80. The second-order valence-corrected chi connectivity index (χ2v) is 12.8. The lowest BCUT2D eigenvalue weighted by Gasteiger charge is -2.18. The van der Waals surface area contributed by atoms with Crippen molar-refractivity contribution in [2.75, 3.05) is 7.11 Å².